The minimum atomic E-state index is -0.492. The van der Waals surface area contributed by atoms with Crippen LogP contribution in [0.4, 0.5) is 5.69 Å². The van der Waals surface area contributed by atoms with E-state index in [1.165, 1.54) is 23.2 Å². The summed E-state index contributed by atoms with van der Waals surface area (Å²) in [4.78, 5) is 14.6. The van der Waals surface area contributed by atoms with E-state index in [9.17, 15) is 4.79 Å². The van der Waals surface area contributed by atoms with Gasteiger partial charge in [0.1, 0.15) is 5.75 Å². The van der Waals surface area contributed by atoms with Gasteiger partial charge in [-0.25, -0.2) is 0 Å². The molecule has 4 nitrogen and oxygen atoms in total. The summed E-state index contributed by atoms with van der Waals surface area (Å²) in [7, 11) is 0. The van der Waals surface area contributed by atoms with Gasteiger partial charge < -0.3 is 15.0 Å². The fourth-order valence-corrected chi connectivity index (χ4v) is 3.34. The number of ether oxygens (including phenoxy) is 1. The fourth-order valence-electron chi connectivity index (χ4n) is 3.34. The number of benzene rings is 2. The summed E-state index contributed by atoms with van der Waals surface area (Å²) >= 11 is 0. The lowest BCUT2D eigenvalue weighted by Crippen LogP contribution is -2.38. The smallest absolute Gasteiger partial charge is 0.260 e. The first-order valence-corrected chi connectivity index (χ1v) is 9.47. The molecule has 138 valence electrons. The molecule has 1 aliphatic rings. The zero-order valence-corrected chi connectivity index (χ0v) is 15.7. The molecule has 1 N–H and O–H groups in total. The van der Waals surface area contributed by atoms with Gasteiger partial charge in [0.05, 0.1) is 0 Å². The number of aryl methyl sites for hydroxylation is 2. The van der Waals surface area contributed by atoms with Crippen LogP contribution in [0.5, 0.6) is 5.75 Å². The summed E-state index contributed by atoms with van der Waals surface area (Å²) in [5, 5.41) is 2.99. The minimum Gasteiger partial charge on any atom is -0.481 e. The Morgan fingerprint density at radius 3 is 2.77 bits per heavy atom. The predicted octanol–water partition coefficient (Wildman–Crippen LogP) is 3.72. The number of hydrogen-bond donors (Lipinski definition) is 1. The van der Waals surface area contributed by atoms with Crippen molar-refractivity contribution in [2.45, 2.75) is 39.2 Å². The summed E-state index contributed by atoms with van der Waals surface area (Å²) in [5.74, 6) is 0.660. The molecule has 1 atom stereocenters. The van der Waals surface area contributed by atoms with Crippen LogP contribution in [0, 0.1) is 6.92 Å². The molecule has 0 fully saturated rings. The Bertz CT molecular complexity index is 727. The topological polar surface area (TPSA) is 41.6 Å². The Labute approximate surface area is 156 Å². The van der Waals surface area contributed by atoms with Crippen LogP contribution in [0.1, 0.15) is 30.9 Å². The Balaban J connectivity index is 1.41. The molecule has 1 amide bonds. The molecule has 2 aromatic rings. The van der Waals surface area contributed by atoms with E-state index in [-0.39, 0.29) is 5.91 Å². The number of carbonyl (C=O) groups is 1. The first kappa shape index (κ1) is 18.3. The van der Waals surface area contributed by atoms with Gasteiger partial charge in [-0.05, 0) is 56.9 Å². The number of nitrogens with zero attached hydrogens (tertiary/aromatic N) is 1. The SMILES string of the molecule is Cc1ccc(O[C@H](C)C(=O)NCCCN2CCCc3ccccc32)cc1. The third kappa shape index (κ3) is 4.78. The quantitative estimate of drug-likeness (QED) is 0.772. The average Bonchev–Trinajstić information content (AvgIpc) is 2.67. The summed E-state index contributed by atoms with van der Waals surface area (Å²) in [6.07, 6.45) is 2.80. The van der Waals surface area contributed by atoms with Crippen LogP contribution in [-0.2, 0) is 11.2 Å². The lowest BCUT2D eigenvalue weighted by atomic mass is 10.0. The van der Waals surface area contributed by atoms with E-state index in [1.54, 1.807) is 6.92 Å². The maximum absolute atomic E-state index is 12.2. The van der Waals surface area contributed by atoms with Crippen LogP contribution in [0.25, 0.3) is 0 Å². The maximum Gasteiger partial charge on any atom is 0.260 e. The molecule has 26 heavy (non-hydrogen) atoms. The van der Waals surface area contributed by atoms with Gasteiger partial charge in [0, 0.05) is 25.3 Å². The van der Waals surface area contributed by atoms with Crippen molar-refractivity contribution in [2.24, 2.45) is 0 Å². The number of rotatable bonds is 7. The maximum atomic E-state index is 12.2. The highest BCUT2D eigenvalue weighted by atomic mass is 16.5. The number of anilines is 1. The van der Waals surface area contributed by atoms with Gasteiger partial charge in [-0.1, -0.05) is 35.9 Å². The van der Waals surface area contributed by atoms with E-state index in [1.807, 2.05) is 31.2 Å². The number of carbonyl (C=O) groups excluding carboxylic acids is 1. The second kappa shape index (κ2) is 8.75. The van der Waals surface area contributed by atoms with Gasteiger partial charge in [0.15, 0.2) is 6.10 Å². The van der Waals surface area contributed by atoms with Gasteiger partial charge in [0.25, 0.3) is 5.91 Å². The van der Waals surface area contributed by atoms with Gasteiger partial charge >= 0.3 is 0 Å². The number of amides is 1. The molecule has 0 aromatic heterocycles. The predicted molar refractivity (Wildman–Crippen MR) is 106 cm³/mol. The highest BCUT2D eigenvalue weighted by Gasteiger charge is 2.17. The van der Waals surface area contributed by atoms with E-state index in [4.69, 9.17) is 4.74 Å². The summed E-state index contributed by atoms with van der Waals surface area (Å²) in [6.45, 7) is 6.54. The van der Waals surface area contributed by atoms with Crippen molar-refractivity contribution < 1.29 is 9.53 Å². The first-order valence-electron chi connectivity index (χ1n) is 9.47. The Kier molecular flexibility index (Phi) is 6.16. The minimum absolute atomic E-state index is 0.0652. The standard InChI is InChI=1S/C22H28N2O2/c1-17-10-12-20(13-11-17)26-18(2)22(25)23-14-6-16-24-15-5-8-19-7-3-4-9-21(19)24/h3-4,7,9-13,18H,5-6,8,14-16H2,1-2H3,(H,23,25)/t18-/m1/s1. The van der Waals surface area contributed by atoms with Crippen LogP contribution in [-0.4, -0.2) is 31.6 Å². The van der Waals surface area contributed by atoms with Gasteiger partial charge in [-0.2, -0.15) is 0 Å². The summed E-state index contributed by atoms with van der Waals surface area (Å²) in [6, 6.07) is 16.4. The molecule has 0 saturated carbocycles. The van der Waals surface area contributed by atoms with E-state index in [0.29, 0.717) is 6.54 Å². The van der Waals surface area contributed by atoms with Crippen molar-refractivity contribution in [3.05, 3.63) is 59.7 Å². The Morgan fingerprint density at radius 2 is 1.96 bits per heavy atom. The molecule has 0 saturated heterocycles. The molecule has 0 unspecified atom stereocenters. The Hall–Kier alpha value is -2.49. The van der Waals surface area contributed by atoms with Crippen LogP contribution in [0.15, 0.2) is 48.5 Å². The molecular formula is C22H28N2O2. The highest BCUT2D eigenvalue weighted by molar-refractivity contribution is 5.80. The number of nitrogens with one attached hydrogen (secondary N) is 1. The van der Waals surface area contributed by atoms with Crippen molar-refractivity contribution >= 4 is 11.6 Å². The van der Waals surface area contributed by atoms with Gasteiger partial charge in [0.2, 0.25) is 0 Å². The van der Waals surface area contributed by atoms with Crippen LogP contribution >= 0.6 is 0 Å². The fraction of sp³-hybridized carbons (Fsp3) is 0.409. The third-order valence-corrected chi connectivity index (χ3v) is 4.81. The largest absolute Gasteiger partial charge is 0.481 e. The normalized spacial score (nSPS) is 14.5. The lowest BCUT2D eigenvalue weighted by molar-refractivity contribution is -0.127. The highest BCUT2D eigenvalue weighted by Crippen LogP contribution is 2.26. The molecule has 0 radical (unpaired) electrons. The van der Waals surface area contributed by atoms with Crippen LogP contribution in [0.3, 0.4) is 0 Å². The van der Waals surface area contributed by atoms with Crippen LogP contribution < -0.4 is 15.0 Å². The Morgan fingerprint density at radius 1 is 1.19 bits per heavy atom. The van der Waals surface area contributed by atoms with Crippen molar-refractivity contribution in [3.8, 4) is 5.75 Å². The van der Waals surface area contributed by atoms with Crippen molar-refractivity contribution in [1.82, 2.24) is 5.32 Å². The van der Waals surface area contributed by atoms with Crippen LogP contribution in [0.2, 0.25) is 0 Å². The van der Waals surface area contributed by atoms with Gasteiger partial charge in [-0.3, -0.25) is 4.79 Å². The first-order chi connectivity index (χ1) is 12.6. The number of para-hydroxylation sites is 1. The molecule has 0 aliphatic carbocycles. The number of hydrogen-bond acceptors (Lipinski definition) is 3. The molecular weight excluding hydrogens is 324 g/mol. The second-order valence-corrected chi connectivity index (χ2v) is 6.94. The van der Waals surface area contributed by atoms with Crippen molar-refractivity contribution in [2.75, 3.05) is 24.5 Å². The van der Waals surface area contributed by atoms with Gasteiger partial charge in [-0.15, -0.1) is 0 Å². The molecule has 1 heterocycles. The molecule has 1 aliphatic heterocycles. The molecule has 0 bridgehead atoms. The monoisotopic (exact) mass is 352 g/mol. The van der Waals surface area contributed by atoms with E-state index in [0.717, 1.165) is 31.7 Å². The molecule has 0 spiro atoms. The van der Waals surface area contributed by atoms with E-state index < -0.39 is 6.10 Å². The molecule has 3 rings (SSSR count). The molecule has 2 aromatic carbocycles. The lowest BCUT2D eigenvalue weighted by Gasteiger charge is -2.31. The average molecular weight is 352 g/mol. The van der Waals surface area contributed by atoms with E-state index in [2.05, 4.69) is 34.5 Å². The van der Waals surface area contributed by atoms with Crippen molar-refractivity contribution in [1.29, 1.82) is 0 Å². The number of fused-ring (bicyclic) bond motifs is 1. The van der Waals surface area contributed by atoms with E-state index >= 15 is 0 Å². The zero-order chi connectivity index (χ0) is 18.4. The summed E-state index contributed by atoms with van der Waals surface area (Å²) < 4.78 is 5.70. The summed E-state index contributed by atoms with van der Waals surface area (Å²) in [5.41, 5.74) is 3.96. The molecule has 4 heteroatoms. The second-order valence-electron chi connectivity index (χ2n) is 6.94. The third-order valence-electron chi connectivity index (χ3n) is 4.81. The zero-order valence-electron chi connectivity index (χ0n) is 15.7. The van der Waals surface area contributed by atoms with Crippen molar-refractivity contribution in [3.63, 3.8) is 0 Å².